The molecule has 0 amide bonds. The molecule has 1 aromatic carbocycles. The average Bonchev–Trinajstić information content (AvgIpc) is 2.60. The summed E-state index contributed by atoms with van der Waals surface area (Å²) in [5.41, 5.74) is 6.92. The van der Waals surface area contributed by atoms with Gasteiger partial charge in [-0.1, -0.05) is 13.0 Å². The third-order valence-electron chi connectivity index (χ3n) is 3.14. The van der Waals surface area contributed by atoms with E-state index in [1.807, 2.05) is 6.07 Å². The molecule has 0 saturated heterocycles. The second-order valence-electron chi connectivity index (χ2n) is 4.71. The molecule has 2 N–H and O–H groups in total. The van der Waals surface area contributed by atoms with Crippen molar-refractivity contribution in [3.8, 4) is 11.5 Å². The van der Waals surface area contributed by atoms with Crippen molar-refractivity contribution < 1.29 is 9.47 Å². The van der Waals surface area contributed by atoms with Gasteiger partial charge in [-0.3, -0.25) is 0 Å². The predicted octanol–water partition coefficient (Wildman–Crippen LogP) is 2.38. The van der Waals surface area contributed by atoms with Crippen LogP contribution in [0.3, 0.4) is 0 Å². The molecule has 0 spiro atoms. The van der Waals surface area contributed by atoms with Gasteiger partial charge in [0.2, 0.25) is 0 Å². The van der Waals surface area contributed by atoms with Crippen LogP contribution in [0.25, 0.3) is 0 Å². The van der Waals surface area contributed by atoms with Gasteiger partial charge in [0.15, 0.2) is 11.5 Å². The second kappa shape index (κ2) is 5.92. The maximum Gasteiger partial charge on any atom is 0.161 e. The highest BCUT2D eigenvalue weighted by molar-refractivity contribution is 5.43. The summed E-state index contributed by atoms with van der Waals surface area (Å²) in [5.74, 6) is 2.34. The van der Waals surface area contributed by atoms with Crippen molar-refractivity contribution in [1.82, 2.24) is 0 Å². The fourth-order valence-electron chi connectivity index (χ4n) is 1.89. The molecule has 1 aliphatic rings. The number of hydrogen-bond acceptors (Lipinski definition) is 3. The molecule has 0 saturated carbocycles. The molecule has 94 valence electrons. The van der Waals surface area contributed by atoms with Gasteiger partial charge in [0.05, 0.1) is 13.2 Å². The molecule has 1 unspecified atom stereocenters. The Bertz CT molecular complexity index is 365. The minimum atomic E-state index is 0.575. The first-order valence-electron chi connectivity index (χ1n) is 6.38. The van der Waals surface area contributed by atoms with Crippen molar-refractivity contribution in [1.29, 1.82) is 0 Å². The number of nitrogens with two attached hydrogens (primary N) is 1. The highest BCUT2D eigenvalue weighted by Gasteiger charge is 2.10. The molecule has 0 aromatic heterocycles. The highest BCUT2D eigenvalue weighted by Crippen LogP contribution is 2.30. The summed E-state index contributed by atoms with van der Waals surface area (Å²) in [4.78, 5) is 0. The van der Waals surface area contributed by atoms with Crippen LogP contribution in [0, 0.1) is 5.92 Å². The average molecular weight is 235 g/mol. The Balaban J connectivity index is 2.02. The third kappa shape index (κ3) is 3.37. The molecule has 1 atom stereocenters. The summed E-state index contributed by atoms with van der Waals surface area (Å²) < 4.78 is 11.3. The largest absolute Gasteiger partial charge is 0.490 e. The fourth-order valence-corrected chi connectivity index (χ4v) is 1.89. The summed E-state index contributed by atoms with van der Waals surface area (Å²) in [5, 5.41) is 0. The van der Waals surface area contributed by atoms with Gasteiger partial charge in [0.25, 0.3) is 0 Å². The molecule has 0 bridgehead atoms. The highest BCUT2D eigenvalue weighted by atomic mass is 16.5. The van der Waals surface area contributed by atoms with Crippen molar-refractivity contribution in [3.63, 3.8) is 0 Å². The molecule has 0 radical (unpaired) electrons. The standard InChI is InChI=1S/C14H21NO2/c1-11(10-15)3-4-12-5-6-13-14(9-12)17-8-2-7-16-13/h5-6,9,11H,2-4,7-8,10,15H2,1H3. The van der Waals surface area contributed by atoms with Crippen LogP contribution in [0.2, 0.25) is 0 Å². The maximum atomic E-state index is 5.67. The molecular weight excluding hydrogens is 214 g/mol. The van der Waals surface area contributed by atoms with E-state index in [2.05, 4.69) is 19.1 Å². The lowest BCUT2D eigenvalue weighted by atomic mass is 10.0. The minimum Gasteiger partial charge on any atom is -0.490 e. The van der Waals surface area contributed by atoms with Crippen molar-refractivity contribution in [2.45, 2.75) is 26.2 Å². The number of ether oxygens (including phenoxy) is 2. The Hall–Kier alpha value is -1.22. The van der Waals surface area contributed by atoms with Gasteiger partial charge >= 0.3 is 0 Å². The lowest BCUT2D eigenvalue weighted by molar-refractivity contribution is 0.297. The molecule has 1 heterocycles. The zero-order valence-electron chi connectivity index (χ0n) is 10.4. The van der Waals surface area contributed by atoms with Gasteiger partial charge in [-0.25, -0.2) is 0 Å². The topological polar surface area (TPSA) is 44.5 Å². The van der Waals surface area contributed by atoms with Crippen molar-refractivity contribution >= 4 is 0 Å². The Morgan fingerprint density at radius 1 is 1.24 bits per heavy atom. The first-order valence-corrected chi connectivity index (χ1v) is 6.38. The second-order valence-corrected chi connectivity index (χ2v) is 4.71. The van der Waals surface area contributed by atoms with Crippen LogP contribution in [-0.4, -0.2) is 19.8 Å². The van der Waals surface area contributed by atoms with Crippen molar-refractivity contribution in [3.05, 3.63) is 23.8 Å². The Kier molecular flexibility index (Phi) is 4.26. The first kappa shape index (κ1) is 12.2. The van der Waals surface area contributed by atoms with Crippen LogP contribution >= 0.6 is 0 Å². The maximum absolute atomic E-state index is 5.67. The van der Waals surface area contributed by atoms with Crippen LogP contribution in [0.5, 0.6) is 11.5 Å². The van der Waals surface area contributed by atoms with E-state index in [0.717, 1.165) is 50.5 Å². The molecule has 17 heavy (non-hydrogen) atoms. The molecule has 1 aromatic rings. The van der Waals surface area contributed by atoms with Gasteiger partial charge in [-0.15, -0.1) is 0 Å². The smallest absolute Gasteiger partial charge is 0.161 e. The van der Waals surface area contributed by atoms with E-state index in [1.54, 1.807) is 0 Å². The third-order valence-corrected chi connectivity index (χ3v) is 3.14. The Labute approximate surface area is 103 Å². The van der Waals surface area contributed by atoms with Crippen LogP contribution in [0.4, 0.5) is 0 Å². The quantitative estimate of drug-likeness (QED) is 0.871. The van der Waals surface area contributed by atoms with E-state index in [9.17, 15) is 0 Å². The van der Waals surface area contributed by atoms with Crippen LogP contribution < -0.4 is 15.2 Å². The number of benzene rings is 1. The summed E-state index contributed by atoms with van der Waals surface area (Å²) in [6.07, 6.45) is 3.12. The van der Waals surface area contributed by atoms with Crippen LogP contribution in [0.1, 0.15) is 25.3 Å². The predicted molar refractivity (Wildman–Crippen MR) is 68.6 cm³/mol. The summed E-state index contributed by atoms with van der Waals surface area (Å²) >= 11 is 0. The van der Waals surface area contributed by atoms with Crippen LogP contribution in [0.15, 0.2) is 18.2 Å². The molecular formula is C14H21NO2. The van der Waals surface area contributed by atoms with Crippen LogP contribution in [-0.2, 0) is 6.42 Å². The van der Waals surface area contributed by atoms with Crippen molar-refractivity contribution in [2.75, 3.05) is 19.8 Å². The number of fused-ring (bicyclic) bond motifs is 1. The molecule has 2 rings (SSSR count). The van der Waals surface area contributed by atoms with E-state index in [4.69, 9.17) is 15.2 Å². The van der Waals surface area contributed by atoms with E-state index >= 15 is 0 Å². The molecule has 3 nitrogen and oxygen atoms in total. The van der Waals surface area contributed by atoms with E-state index in [0.29, 0.717) is 5.92 Å². The zero-order valence-corrected chi connectivity index (χ0v) is 10.4. The summed E-state index contributed by atoms with van der Waals surface area (Å²) in [6, 6.07) is 6.24. The molecule has 3 heteroatoms. The zero-order chi connectivity index (χ0) is 12.1. The number of aryl methyl sites for hydroxylation is 1. The monoisotopic (exact) mass is 235 g/mol. The number of hydrogen-bond donors (Lipinski definition) is 1. The lowest BCUT2D eigenvalue weighted by Gasteiger charge is -2.11. The summed E-state index contributed by atoms with van der Waals surface area (Å²) in [7, 11) is 0. The van der Waals surface area contributed by atoms with E-state index in [1.165, 1.54) is 5.56 Å². The first-order chi connectivity index (χ1) is 8.29. The normalized spacial score (nSPS) is 16.4. The molecule has 0 fully saturated rings. The molecule has 1 aliphatic heterocycles. The fraction of sp³-hybridized carbons (Fsp3) is 0.571. The Morgan fingerprint density at radius 3 is 2.76 bits per heavy atom. The van der Waals surface area contributed by atoms with Gasteiger partial charge in [0.1, 0.15) is 0 Å². The Morgan fingerprint density at radius 2 is 2.00 bits per heavy atom. The lowest BCUT2D eigenvalue weighted by Crippen LogP contribution is -2.11. The minimum absolute atomic E-state index is 0.575. The van der Waals surface area contributed by atoms with Gasteiger partial charge in [0, 0.05) is 6.42 Å². The van der Waals surface area contributed by atoms with Gasteiger partial charge in [-0.2, -0.15) is 0 Å². The van der Waals surface area contributed by atoms with Gasteiger partial charge < -0.3 is 15.2 Å². The summed E-state index contributed by atoms with van der Waals surface area (Å²) in [6.45, 7) is 4.43. The van der Waals surface area contributed by atoms with Crippen molar-refractivity contribution in [2.24, 2.45) is 11.7 Å². The molecule has 0 aliphatic carbocycles. The number of rotatable bonds is 4. The van der Waals surface area contributed by atoms with E-state index < -0.39 is 0 Å². The SMILES string of the molecule is CC(CN)CCc1ccc2c(c1)OCCCO2. The van der Waals surface area contributed by atoms with E-state index in [-0.39, 0.29) is 0 Å². The van der Waals surface area contributed by atoms with Gasteiger partial charge in [-0.05, 0) is 43.0 Å².